The standard InChI is InChI=1S/C9H17NO2/c1-6(11)5-10-8(3)7(2)9(4)12/h5,7,9,11-12H,1-4H3/b6-5+,10-8?/t7?,9-/m1/s1. The Morgan fingerprint density at radius 3 is 2.17 bits per heavy atom. The molecule has 0 spiro atoms. The number of hydrogen-bond donors (Lipinski definition) is 2. The number of allylic oxidation sites excluding steroid dienone is 1. The molecule has 0 aromatic heterocycles. The van der Waals surface area contributed by atoms with Gasteiger partial charge in [0.15, 0.2) is 0 Å². The zero-order chi connectivity index (χ0) is 9.72. The monoisotopic (exact) mass is 171 g/mol. The van der Waals surface area contributed by atoms with E-state index in [0.717, 1.165) is 5.71 Å². The Bertz CT molecular complexity index is 191. The lowest BCUT2D eigenvalue weighted by molar-refractivity contribution is 0.165. The van der Waals surface area contributed by atoms with Crippen LogP contribution in [0, 0.1) is 5.92 Å². The quantitative estimate of drug-likeness (QED) is 0.503. The number of rotatable bonds is 3. The van der Waals surface area contributed by atoms with Crippen molar-refractivity contribution in [2.45, 2.75) is 33.8 Å². The van der Waals surface area contributed by atoms with Crippen LogP contribution in [0.25, 0.3) is 0 Å². The molecule has 0 fully saturated rings. The van der Waals surface area contributed by atoms with Crippen molar-refractivity contribution in [2.75, 3.05) is 0 Å². The summed E-state index contributed by atoms with van der Waals surface area (Å²) in [5.41, 5.74) is 0.818. The molecule has 0 aliphatic carbocycles. The summed E-state index contributed by atoms with van der Waals surface area (Å²) in [5, 5.41) is 18.0. The molecule has 0 saturated heterocycles. The van der Waals surface area contributed by atoms with Crippen molar-refractivity contribution in [3.63, 3.8) is 0 Å². The Balaban J connectivity index is 4.28. The van der Waals surface area contributed by atoms with Crippen molar-refractivity contribution in [2.24, 2.45) is 10.9 Å². The second-order valence-corrected chi connectivity index (χ2v) is 3.07. The van der Waals surface area contributed by atoms with E-state index in [0.29, 0.717) is 0 Å². The van der Waals surface area contributed by atoms with E-state index in [4.69, 9.17) is 5.11 Å². The van der Waals surface area contributed by atoms with Crippen LogP contribution in [-0.4, -0.2) is 22.0 Å². The summed E-state index contributed by atoms with van der Waals surface area (Å²) in [6.45, 7) is 7.00. The molecule has 0 heterocycles. The van der Waals surface area contributed by atoms with Crippen LogP contribution in [-0.2, 0) is 0 Å². The van der Waals surface area contributed by atoms with Crippen molar-refractivity contribution < 1.29 is 10.2 Å². The van der Waals surface area contributed by atoms with Crippen LogP contribution in [0.1, 0.15) is 27.7 Å². The highest BCUT2D eigenvalue weighted by atomic mass is 16.3. The van der Waals surface area contributed by atoms with E-state index in [9.17, 15) is 5.11 Å². The molecule has 3 heteroatoms. The van der Waals surface area contributed by atoms with Crippen LogP contribution >= 0.6 is 0 Å². The third-order valence-corrected chi connectivity index (χ3v) is 1.84. The predicted octanol–water partition coefficient (Wildman–Crippen LogP) is 1.88. The molecule has 2 atom stereocenters. The van der Waals surface area contributed by atoms with Crippen LogP contribution in [0.4, 0.5) is 0 Å². The molecule has 0 radical (unpaired) electrons. The van der Waals surface area contributed by atoms with Crippen molar-refractivity contribution in [3.05, 3.63) is 12.0 Å². The first-order chi connectivity index (χ1) is 5.45. The van der Waals surface area contributed by atoms with Crippen LogP contribution in [0.2, 0.25) is 0 Å². The maximum Gasteiger partial charge on any atom is 0.107 e. The molecular formula is C9H17NO2. The van der Waals surface area contributed by atoms with Gasteiger partial charge in [-0.25, -0.2) is 0 Å². The first kappa shape index (κ1) is 11.2. The van der Waals surface area contributed by atoms with E-state index < -0.39 is 6.10 Å². The molecule has 0 rings (SSSR count). The highest BCUT2D eigenvalue weighted by molar-refractivity contribution is 5.85. The Morgan fingerprint density at radius 1 is 1.33 bits per heavy atom. The minimum Gasteiger partial charge on any atom is -0.511 e. The Hall–Kier alpha value is -0.830. The molecule has 12 heavy (non-hydrogen) atoms. The van der Waals surface area contributed by atoms with Crippen LogP contribution in [0.5, 0.6) is 0 Å². The summed E-state index contributed by atoms with van der Waals surface area (Å²) in [7, 11) is 0. The molecule has 0 saturated carbocycles. The van der Waals surface area contributed by atoms with E-state index in [1.165, 1.54) is 6.20 Å². The molecule has 1 unspecified atom stereocenters. The number of nitrogens with zero attached hydrogens (tertiary/aromatic N) is 1. The number of hydrogen-bond acceptors (Lipinski definition) is 3. The molecule has 3 nitrogen and oxygen atoms in total. The highest BCUT2D eigenvalue weighted by Gasteiger charge is 2.10. The number of aliphatic hydroxyl groups excluding tert-OH is 2. The topological polar surface area (TPSA) is 52.8 Å². The summed E-state index contributed by atoms with van der Waals surface area (Å²) in [6.07, 6.45) is 0.981. The lowest BCUT2D eigenvalue weighted by Gasteiger charge is -2.13. The van der Waals surface area contributed by atoms with Gasteiger partial charge in [0.25, 0.3) is 0 Å². The average Bonchev–Trinajstić information content (AvgIpc) is 1.98. The van der Waals surface area contributed by atoms with Gasteiger partial charge in [0.1, 0.15) is 5.76 Å². The Labute approximate surface area is 73.5 Å². The van der Waals surface area contributed by atoms with Gasteiger partial charge in [-0.2, -0.15) is 0 Å². The summed E-state index contributed by atoms with van der Waals surface area (Å²) >= 11 is 0. The fourth-order valence-corrected chi connectivity index (χ4v) is 0.662. The van der Waals surface area contributed by atoms with E-state index in [2.05, 4.69) is 4.99 Å². The zero-order valence-corrected chi connectivity index (χ0v) is 8.07. The molecule has 0 amide bonds. The van der Waals surface area contributed by atoms with Crippen molar-refractivity contribution in [1.82, 2.24) is 0 Å². The van der Waals surface area contributed by atoms with Crippen molar-refractivity contribution >= 4 is 5.71 Å². The van der Waals surface area contributed by atoms with E-state index in [-0.39, 0.29) is 11.7 Å². The van der Waals surface area contributed by atoms with Gasteiger partial charge in [-0.3, -0.25) is 4.99 Å². The molecule has 0 bridgehead atoms. The molecule has 0 aliphatic heterocycles. The number of aliphatic hydroxyl groups is 2. The smallest absolute Gasteiger partial charge is 0.107 e. The average molecular weight is 171 g/mol. The predicted molar refractivity (Wildman–Crippen MR) is 50.3 cm³/mol. The normalized spacial score (nSPS) is 19.1. The minimum atomic E-state index is -0.402. The molecule has 0 aromatic rings. The van der Waals surface area contributed by atoms with Gasteiger partial charge < -0.3 is 10.2 Å². The Kier molecular flexibility index (Phi) is 4.59. The van der Waals surface area contributed by atoms with Crippen LogP contribution in [0.3, 0.4) is 0 Å². The fraction of sp³-hybridized carbons (Fsp3) is 0.667. The maximum atomic E-state index is 9.19. The molecule has 2 N–H and O–H groups in total. The summed E-state index contributed by atoms with van der Waals surface area (Å²) < 4.78 is 0. The summed E-state index contributed by atoms with van der Waals surface area (Å²) in [5.74, 6) is 0.202. The van der Waals surface area contributed by atoms with Gasteiger partial charge in [0.2, 0.25) is 0 Å². The molecule has 0 aromatic carbocycles. The largest absolute Gasteiger partial charge is 0.511 e. The van der Waals surface area contributed by atoms with Gasteiger partial charge >= 0.3 is 0 Å². The van der Waals surface area contributed by atoms with Crippen molar-refractivity contribution in [3.8, 4) is 0 Å². The number of aliphatic imine (C=N–C) groups is 1. The van der Waals surface area contributed by atoms with Crippen LogP contribution in [0.15, 0.2) is 17.0 Å². The fourth-order valence-electron chi connectivity index (χ4n) is 0.662. The molecular weight excluding hydrogens is 154 g/mol. The van der Waals surface area contributed by atoms with Crippen molar-refractivity contribution in [1.29, 1.82) is 0 Å². The summed E-state index contributed by atoms with van der Waals surface area (Å²) in [4.78, 5) is 3.99. The Morgan fingerprint density at radius 2 is 1.83 bits per heavy atom. The van der Waals surface area contributed by atoms with Gasteiger partial charge in [-0.05, 0) is 20.8 Å². The third kappa shape index (κ3) is 4.13. The van der Waals surface area contributed by atoms with E-state index >= 15 is 0 Å². The second-order valence-electron chi connectivity index (χ2n) is 3.07. The maximum absolute atomic E-state index is 9.19. The van der Waals surface area contributed by atoms with E-state index in [1.54, 1.807) is 13.8 Å². The van der Waals surface area contributed by atoms with Gasteiger partial charge in [-0.15, -0.1) is 0 Å². The molecule has 70 valence electrons. The molecule has 0 aliphatic rings. The SMILES string of the molecule is CC(=N/C=C(\C)O)C(C)[C@@H](C)O. The first-order valence-electron chi connectivity index (χ1n) is 4.03. The second kappa shape index (κ2) is 4.93. The minimum absolute atomic E-state index is 0.0283. The lowest BCUT2D eigenvalue weighted by atomic mass is 10.0. The van der Waals surface area contributed by atoms with Gasteiger partial charge in [-0.1, -0.05) is 6.92 Å². The van der Waals surface area contributed by atoms with Crippen LogP contribution < -0.4 is 0 Å². The van der Waals surface area contributed by atoms with Gasteiger partial charge in [0, 0.05) is 11.6 Å². The summed E-state index contributed by atoms with van der Waals surface area (Å²) in [6, 6.07) is 0. The highest BCUT2D eigenvalue weighted by Crippen LogP contribution is 2.05. The van der Waals surface area contributed by atoms with E-state index in [1.807, 2.05) is 13.8 Å². The first-order valence-corrected chi connectivity index (χ1v) is 4.03. The zero-order valence-electron chi connectivity index (χ0n) is 8.07. The van der Waals surface area contributed by atoms with Gasteiger partial charge in [0.05, 0.1) is 12.3 Å². The third-order valence-electron chi connectivity index (χ3n) is 1.84. The lowest BCUT2D eigenvalue weighted by Crippen LogP contribution is -2.20.